The van der Waals surface area contributed by atoms with E-state index in [1.807, 2.05) is 0 Å². The van der Waals surface area contributed by atoms with E-state index in [0.29, 0.717) is 6.42 Å². The van der Waals surface area contributed by atoms with Gasteiger partial charge in [0.1, 0.15) is 23.1 Å². The first kappa shape index (κ1) is 10.6. The van der Waals surface area contributed by atoms with Crippen molar-refractivity contribution in [3.8, 4) is 0 Å². The van der Waals surface area contributed by atoms with Gasteiger partial charge in [-0.05, 0) is 24.2 Å². The molecule has 0 aromatic carbocycles. The molecular weight excluding hydrogens is 232 g/mol. The maximum absolute atomic E-state index is 12.0. The molecular formula is C14H14O4. The fraction of sp³-hybridized carbons (Fsp3) is 0.714. The van der Waals surface area contributed by atoms with Gasteiger partial charge in [-0.15, -0.1) is 0 Å². The van der Waals surface area contributed by atoms with Crippen LogP contribution in [0.2, 0.25) is 0 Å². The third-order valence-electron chi connectivity index (χ3n) is 5.62. The molecule has 4 saturated carbocycles. The van der Waals surface area contributed by atoms with Gasteiger partial charge >= 0.3 is 0 Å². The maximum Gasteiger partial charge on any atom is 0.144 e. The number of rotatable bonds is 0. The van der Waals surface area contributed by atoms with Crippen LogP contribution in [0.3, 0.4) is 0 Å². The Balaban J connectivity index is 1.76. The van der Waals surface area contributed by atoms with Crippen molar-refractivity contribution in [3.05, 3.63) is 0 Å². The van der Waals surface area contributed by atoms with Gasteiger partial charge in [-0.2, -0.15) is 0 Å². The maximum atomic E-state index is 12.0. The Bertz CT molecular complexity index is 506. The molecule has 4 aliphatic rings. The van der Waals surface area contributed by atoms with Crippen molar-refractivity contribution in [1.29, 1.82) is 0 Å². The summed E-state index contributed by atoms with van der Waals surface area (Å²) < 4.78 is 0. The van der Waals surface area contributed by atoms with Crippen LogP contribution in [0.5, 0.6) is 0 Å². The lowest BCUT2D eigenvalue weighted by molar-refractivity contribution is -0.141. The molecule has 0 saturated heterocycles. The van der Waals surface area contributed by atoms with E-state index in [1.54, 1.807) is 0 Å². The molecule has 4 fully saturated rings. The van der Waals surface area contributed by atoms with Crippen molar-refractivity contribution < 1.29 is 19.2 Å². The summed E-state index contributed by atoms with van der Waals surface area (Å²) >= 11 is 0. The zero-order valence-corrected chi connectivity index (χ0v) is 9.93. The molecule has 18 heavy (non-hydrogen) atoms. The number of carbonyl (C=O) groups is 4. The molecule has 0 N–H and O–H groups in total. The van der Waals surface area contributed by atoms with Crippen LogP contribution >= 0.6 is 0 Å². The minimum absolute atomic E-state index is 0.0159. The first-order valence-electron chi connectivity index (χ1n) is 6.68. The van der Waals surface area contributed by atoms with Crippen molar-refractivity contribution in [2.24, 2.45) is 35.5 Å². The zero-order valence-electron chi connectivity index (χ0n) is 9.93. The fourth-order valence-electron chi connectivity index (χ4n) is 5.22. The van der Waals surface area contributed by atoms with Crippen molar-refractivity contribution in [3.63, 3.8) is 0 Å². The molecule has 94 valence electrons. The molecule has 4 aliphatic carbocycles. The largest absolute Gasteiger partial charge is 0.299 e. The molecule has 0 aliphatic heterocycles. The average molecular weight is 246 g/mol. The zero-order chi connectivity index (χ0) is 12.6. The third kappa shape index (κ3) is 1.07. The van der Waals surface area contributed by atoms with Gasteiger partial charge in [-0.3, -0.25) is 19.2 Å². The Labute approximate surface area is 104 Å². The molecule has 4 nitrogen and oxygen atoms in total. The summed E-state index contributed by atoms with van der Waals surface area (Å²) in [6.07, 6.45) is 1.36. The third-order valence-corrected chi connectivity index (χ3v) is 5.62. The minimum Gasteiger partial charge on any atom is -0.299 e. The van der Waals surface area contributed by atoms with Crippen LogP contribution in [-0.2, 0) is 19.2 Å². The highest BCUT2D eigenvalue weighted by molar-refractivity contribution is 6.11. The Kier molecular flexibility index (Phi) is 1.86. The van der Waals surface area contributed by atoms with Gasteiger partial charge in [0.15, 0.2) is 0 Å². The van der Waals surface area contributed by atoms with Crippen LogP contribution in [-0.4, -0.2) is 23.1 Å². The van der Waals surface area contributed by atoms with Gasteiger partial charge in [-0.25, -0.2) is 0 Å². The number of hydrogen-bond donors (Lipinski definition) is 0. The number of ketones is 4. The highest BCUT2D eigenvalue weighted by Crippen LogP contribution is 2.63. The predicted molar refractivity (Wildman–Crippen MR) is 59.4 cm³/mol. The highest BCUT2D eigenvalue weighted by atomic mass is 16.2. The molecule has 6 unspecified atom stereocenters. The summed E-state index contributed by atoms with van der Waals surface area (Å²) in [5, 5.41) is 0. The topological polar surface area (TPSA) is 68.3 Å². The molecule has 0 spiro atoms. The molecule has 0 aromatic heterocycles. The predicted octanol–water partition coefficient (Wildman–Crippen LogP) is 0.575. The Hall–Kier alpha value is -1.32. The van der Waals surface area contributed by atoms with E-state index in [0.717, 1.165) is 6.42 Å². The molecule has 4 rings (SSSR count). The quantitative estimate of drug-likeness (QED) is 0.586. The van der Waals surface area contributed by atoms with Crippen LogP contribution in [0.1, 0.15) is 25.7 Å². The van der Waals surface area contributed by atoms with Gasteiger partial charge in [0.25, 0.3) is 0 Å². The van der Waals surface area contributed by atoms with E-state index in [9.17, 15) is 19.2 Å². The summed E-state index contributed by atoms with van der Waals surface area (Å²) in [7, 11) is 0. The van der Waals surface area contributed by atoms with Gasteiger partial charge in [0.2, 0.25) is 0 Å². The summed E-state index contributed by atoms with van der Waals surface area (Å²) in [6, 6.07) is 0. The monoisotopic (exact) mass is 246 g/mol. The molecule has 6 atom stereocenters. The van der Waals surface area contributed by atoms with Gasteiger partial charge in [0.05, 0.1) is 12.8 Å². The second kappa shape index (κ2) is 3.16. The second-order valence-electron chi connectivity index (χ2n) is 6.30. The van der Waals surface area contributed by atoms with Crippen molar-refractivity contribution >= 4 is 23.1 Å². The number of hydrogen-bond acceptors (Lipinski definition) is 4. The molecule has 0 radical (unpaired) electrons. The molecule has 2 bridgehead atoms. The van der Waals surface area contributed by atoms with E-state index in [-0.39, 0.29) is 71.5 Å². The highest BCUT2D eigenvalue weighted by Gasteiger charge is 2.66. The Morgan fingerprint density at radius 2 is 1.28 bits per heavy atom. The lowest BCUT2D eigenvalue weighted by Crippen LogP contribution is -2.44. The van der Waals surface area contributed by atoms with Crippen molar-refractivity contribution in [2.45, 2.75) is 25.7 Å². The smallest absolute Gasteiger partial charge is 0.144 e. The standard InChI is InChI=1S/C14H14O4/c15-5-1-6-7-3-8(12(6)9(16)2-5)14-11(18)4-10(17)13(7)14/h6-8,12-14H,1-4H2. The van der Waals surface area contributed by atoms with Crippen molar-refractivity contribution in [2.75, 3.05) is 0 Å². The normalized spacial score (nSPS) is 49.8. The van der Waals surface area contributed by atoms with Gasteiger partial charge in [-0.1, -0.05) is 0 Å². The molecule has 4 heteroatoms. The number of fused-ring (bicyclic) bond motifs is 8. The van der Waals surface area contributed by atoms with Crippen LogP contribution in [0.25, 0.3) is 0 Å². The minimum atomic E-state index is -0.194. The van der Waals surface area contributed by atoms with Crippen LogP contribution < -0.4 is 0 Å². The Morgan fingerprint density at radius 1 is 0.667 bits per heavy atom. The van der Waals surface area contributed by atoms with E-state index in [2.05, 4.69) is 0 Å². The second-order valence-corrected chi connectivity index (χ2v) is 6.30. The van der Waals surface area contributed by atoms with E-state index in [4.69, 9.17) is 0 Å². The number of Topliss-reactive ketones (excluding diaryl/α,β-unsaturated/α-hetero) is 4. The first-order valence-corrected chi connectivity index (χ1v) is 6.68. The summed E-state index contributed by atoms with van der Waals surface area (Å²) in [4.78, 5) is 47.4. The SMILES string of the molecule is O=C1CC(=O)C2C(C1)C1CC2C2C(=O)CC(=O)C12. The van der Waals surface area contributed by atoms with Gasteiger partial charge in [0, 0.05) is 24.2 Å². The van der Waals surface area contributed by atoms with Crippen LogP contribution in [0.4, 0.5) is 0 Å². The van der Waals surface area contributed by atoms with Gasteiger partial charge < -0.3 is 0 Å². The first-order chi connectivity index (χ1) is 8.58. The Morgan fingerprint density at radius 3 is 2.00 bits per heavy atom. The molecule has 0 amide bonds. The number of carbonyl (C=O) groups excluding carboxylic acids is 4. The lowest BCUT2D eigenvalue weighted by Gasteiger charge is -2.38. The fourth-order valence-corrected chi connectivity index (χ4v) is 5.22. The van der Waals surface area contributed by atoms with E-state index < -0.39 is 0 Å². The van der Waals surface area contributed by atoms with E-state index in [1.165, 1.54) is 0 Å². The van der Waals surface area contributed by atoms with Crippen LogP contribution in [0, 0.1) is 35.5 Å². The van der Waals surface area contributed by atoms with E-state index >= 15 is 0 Å². The van der Waals surface area contributed by atoms with Crippen LogP contribution in [0.15, 0.2) is 0 Å². The average Bonchev–Trinajstić information content (AvgIpc) is 2.90. The summed E-state index contributed by atoms with van der Waals surface area (Å²) in [5.74, 6) is -0.0905. The lowest BCUT2D eigenvalue weighted by atomic mass is 9.63. The van der Waals surface area contributed by atoms with Crippen molar-refractivity contribution in [1.82, 2.24) is 0 Å². The molecule has 0 heterocycles. The summed E-state index contributed by atoms with van der Waals surface area (Å²) in [5.41, 5.74) is 0. The summed E-state index contributed by atoms with van der Waals surface area (Å²) in [6.45, 7) is 0. The molecule has 0 aromatic rings.